The monoisotopic (exact) mass is 661 g/mol. The first-order chi connectivity index (χ1) is 21.8. The highest BCUT2D eigenvalue weighted by molar-refractivity contribution is 5.66. The fraction of sp³-hybridized carbons (Fsp3) is 0.950. The Labute approximate surface area is 287 Å². The van der Waals surface area contributed by atoms with Gasteiger partial charge < -0.3 is 20.4 Å². The normalized spacial score (nSPS) is 11.1. The Morgan fingerprint density at radius 1 is 0.413 bits per heavy atom. The largest absolute Gasteiger partial charge is 0.481 e. The fourth-order valence-electron chi connectivity index (χ4n) is 5.30. The molecule has 0 saturated heterocycles. The molecule has 0 heterocycles. The van der Waals surface area contributed by atoms with Crippen molar-refractivity contribution in [3.8, 4) is 0 Å². The maximum absolute atomic E-state index is 10.3. The predicted octanol–water partition coefficient (Wildman–Crippen LogP) is 12.7. The molecule has 0 aromatic heterocycles. The zero-order valence-electron chi connectivity index (χ0n) is 30.5. The van der Waals surface area contributed by atoms with Crippen molar-refractivity contribution in [3.05, 3.63) is 0 Å². The first-order valence-corrected chi connectivity index (χ1v) is 19.5. The maximum Gasteiger partial charge on any atom is 0.303 e. The minimum absolute atomic E-state index is 0. The Hall–Kier alpha value is -1.14. The van der Waals surface area contributed by atoms with E-state index in [1.165, 1.54) is 174 Å². The zero-order chi connectivity index (χ0) is 34.1. The SMILES string of the molecule is C.CC(O)CO.CCCCCCCCCCCCCCCCCC(=O)O.CCCCCCCCCCCCCCCCCC(=O)O. The van der Waals surface area contributed by atoms with Crippen LogP contribution >= 0.6 is 0 Å². The van der Waals surface area contributed by atoms with Gasteiger partial charge in [-0.1, -0.05) is 201 Å². The summed E-state index contributed by atoms with van der Waals surface area (Å²) in [5.41, 5.74) is 0. The summed E-state index contributed by atoms with van der Waals surface area (Å²) in [5.74, 6) is -1.31. The van der Waals surface area contributed by atoms with Crippen molar-refractivity contribution in [1.29, 1.82) is 0 Å². The standard InChI is InChI=1S/2C18H36O2.C3H8O2.CH4/c2*1-2-3-4-5-6-7-8-9-10-11-12-13-14-15-16-17-18(19)20;1-3(5)2-4;/h2*2-17H2,1H3,(H,19,20);3-5H,2H2,1H3;1H4. The van der Waals surface area contributed by atoms with Crippen molar-refractivity contribution >= 4 is 11.9 Å². The predicted molar refractivity (Wildman–Crippen MR) is 200 cm³/mol. The molecule has 0 aliphatic carbocycles. The molecular weight excluding hydrogens is 576 g/mol. The van der Waals surface area contributed by atoms with E-state index in [1.807, 2.05) is 0 Å². The van der Waals surface area contributed by atoms with E-state index in [4.69, 9.17) is 20.4 Å². The maximum atomic E-state index is 10.3. The number of hydrogen-bond donors (Lipinski definition) is 4. The van der Waals surface area contributed by atoms with Gasteiger partial charge in [-0.15, -0.1) is 0 Å². The first kappa shape index (κ1) is 51.7. The van der Waals surface area contributed by atoms with Gasteiger partial charge in [-0.05, 0) is 19.8 Å². The second-order valence-corrected chi connectivity index (χ2v) is 13.2. The smallest absolute Gasteiger partial charge is 0.303 e. The number of aliphatic hydroxyl groups excluding tert-OH is 2. The quantitative estimate of drug-likeness (QED) is 0.0521. The van der Waals surface area contributed by atoms with Crippen LogP contribution in [0.15, 0.2) is 0 Å². The topological polar surface area (TPSA) is 115 Å². The fourth-order valence-corrected chi connectivity index (χ4v) is 5.30. The lowest BCUT2D eigenvalue weighted by atomic mass is 10.0. The molecule has 280 valence electrons. The van der Waals surface area contributed by atoms with Crippen molar-refractivity contribution in [1.82, 2.24) is 0 Å². The minimum Gasteiger partial charge on any atom is -0.481 e. The first-order valence-electron chi connectivity index (χ1n) is 19.5. The molecule has 0 rings (SSSR count). The number of unbranched alkanes of at least 4 members (excludes halogenated alkanes) is 28. The van der Waals surface area contributed by atoms with Gasteiger partial charge in [0.15, 0.2) is 0 Å². The molecule has 0 spiro atoms. The third-order valence-electron chi connectivity index (χ3n) is 8.25. The molecule has 1 unspecified atom stereocenters. The van der Waals surface area contributed by atoms with Gasteiger partial charge >= 0.3 is 11.9 Å². The Bertz CT molecular complexity index is 508. The van der Waals surface area contributed by atoms with Crippen molar-refractivity contribution in [2.75, 3.05) is 6.61 Å². The van der Waals surface area contributed by atoms with Crippen LogP contribution in [0.25, 0.3) is 0 Å². The molecule has 46 heavy (non-hydrogen) atoms. The summed E-state index contributed by atoms with van der Waals surface area (Å²) in [6.45, 7) is 5.93. The third-order valence-corrected chi connectivity index (χ3v) is 8.25. The van der Waals surface area contributed by atoms with Gasteiger partial charge in [-0.25, -0.2) is 0 Å². The van der Waals surface area contributed by atoms with E-state index in [2.05, 4.69) is 13.8 Å². The average Bonchev–Trinajstić information content (AvgIpc) is 3.01. The number of carboxylic acids is 2. The molecule has 6 heteroatoms. The molecule has 0 aliphatic heterocycles. The highest BCUT2D eigenvalue weighted by atomic mass is 16.4. The highest BCUT2D eigenvalue weighted by Gasteiger charge is 1.98. The van der Waals surface area contributed by atoms with E-state index in [0.717, 1.165) is 25.7 Å². The number of carboxylic acid groups (broad SMARTS) is 2. The van der Waals surface area contributed by atoms with Gasteiger partial charge in [0.1, 0.15) is 0 Å². The van der Waals surface area contributed by atoms with Crippen LogP contribution in [0.3, 0.4) is 0 Å². The van der Waals surface area contributed by atoms with Crippen molar-refractivity contribution in [2.24, 2.45) is 0 Å². The van der Waals surface area contributed by atoms with Crippen LogP contribution in [0.4, 0.5) is 0 Å². The lowest BCUT2D eigenvalue weighted by molar-refractivity contribution is -0.138. The summed E-state index contributed by atoms with van der Waals surface area (Å²) in [5, 5.41) is 33.0. The van der Waals surface area contributed by atoms with Gasteiger partial charge in [-0.2, -0.15) is 0 Å². The van der Waals surface area contributed by atoms with Gasteiger partial charge in [-0.3, -0.25) is 9.59 Å². The molecule has 4 N–H and O–H groups in total. The van der Waals surface area contributed by atoms with Crippen LogP contribution < -0.4 is 0 Å². The number of hydrogen-bond acceptors (Lipinski definition) is 4. The lowest BCUT2D eigenvalue weighted by Gasteiger charge is -2.03. The number of aliphatic carboxylic acids is 2. The molecule has 0 aliphatic rings. The second kappa shape index (κ2) is 48.3. The summed E-state index contributed by atoms with van der Waals surface area (Å²) in [6.07, 6.45) is 39.8. The van der Waals surface area contributed by atoms with E-state index in [1.54, 1.807) is 0 Å². The number of carbonyl (C=O) groups is 2. The van der Waals surface area contributed by atoms with Gasteiger partial charge in [0.25, 0.3) is 0 Å². The Kier molecular flexibility index (Phi) is 54.2. The molecular formula is C40H84O6. The summed E-state index contributed by atoms with van der Waals surface area (Å²) in [7, 11) is 0. The molecule has 0 saturated carbocycles. The van der Waals surface area contributed by atoms with Crippen LogP contribution in [-0.2, 0) is 9.59 Å². The molecule has 6 nitrogen and oxygen atoms in total. The summed E-state index contributed by atoms with van der Waals surface area (Å²) in [4.78, 5) is 20.7. The Balaban J connectivity index is -0.000000327. The van der Waals surface area contributed by atoms with E-state index < -0.39 is 18.0 Å². The van der Waals surface area contributed by atoms with Crippen LogP contribution in [0, 0.1) is 0 Å². The summed E-state index contributed by atoms with van der Waals surface area (Å²) < 4.78 is 0. The lowest BCUT2D eigenvalue weighted by Crippen LogP contribution is -2.03. The van der Waals surface area contributed by atoms with E-state index in [9.17, 15) is 9.59 Å². The highest BCUT2D eigenvalue weighted by Crippen LogP contribution is 2.15. The van der Waals surface area contributed by atoms with Crippen LogP contribution in [-0.4, -0.2) is 45.1 Å². The van der Waals surface area contributed by atoms with E-state index in [-0.39, 0.29) is 14.0 Å². The second-order valence-electron chi connectivity index (χ2n) is 13.2. The molecule has 1 atom stereocenters. The van der Waals surface area contributed by atoms with Crippen molar-refractivity contribution in [3.63, 3.8) is 0 Å². The molecule has 0 fully saturated rings. The van der Waals surface area contributed by atoms with Crippen LogP contribution in [0.1, 0.15) is 234 Å². The molecule has 0 radical (unpaired) electrons. The van der Waals surface area contributed by atoms with E-state index in [0.29, 0.717) is 12.8 Å². The Morgan fingerprint density at radius 2 is 0.565 bits per heavy atom. The average molecular weight is 661 g/mol. The number of rotatable bonds is 33. The summed E-state index contributed by atoms with van der Waals surface area (Å²) >= 11 is 0. The van der Waals surface area contributed by atoms with Crippen molar-refractivity contribution < 1.29 is 30.0 Å². The molecule has 0 amide bonds. The van der Waals surface area contributed by atoms with Crippen LogP contribution in [0.2, 0.25) is 0 Å². The molecule has 0 aromatic carbocycles. The third kappa shape index (κ3) is 61.8. The summed E-state index contributed by atoms with van der Waals surface area (Å²) in [6, 6.07) is 0. The Morgan fingerprint density at radius 3 is 0.696 bits per heavy atom. The van der Waals surface area contributed by atoms with Gasteiger partial charge in [0.05, 0.1) is 12.7 Å². The molecule has 0 bridgehead atoms. The molecule has 0 aromatic rings. The number of aliphatic hydroxyl groups is 2. The van der Waals surface area contributed by atoms with Crippen LogP contribution in [0.5, 0.6) is 0 Å². The van der Waals surface area contributed by atoms with E-state index >= 15 is 0 Å². The van der Waals surface area contributed by atoms with Gasteiger partial charge in [0.2, 0.25) is 0 Å². The van der Waals surface area contributed by atoms with Gasteiger partial charge in [0, 0.05) is 12.8 Å². The zero-order valence-corrected chi connectivity index (χ0v) is 30.5. The minimum atomic E-state index is -0.653. The van der Waals surface area contributed by atoms with Crippen molar-refractivity contribution in [2.45, 2.75) is 240 Å².